The number of H-pyrrole nitrogens is 1. The molecule has 36 heavy (non-hydrogen) atoms. The molecule has 0 bridgehead atoms. The molecule has 0 aliphatic carbocycles. The number of carbonyl (C=O) groups is 2. The number of nitrogens with zero attached hydrogens (tertiary/aromatic N) is 3. The quantitative estimate of drug-likeness (QED) is 0.331. The van der Waals surface area contributed by atoms with Gasteiger partial charge in [0.2, 0.25) is 0 Å². The molecule has 9 nitrogen and oxygen atoms in total. The number of hydrogen-bond acceptors (Lipinski definition) is 6. The molecule has 188 valence electrons. The highest BCUT2D eigenvalue weighted by Gasteiger charge is 2.19. The number of hydrogen-bond donors (Lipinski definition) is 3. The number of piperazine rings is 1. The van der Waals surface area contributed by atoms with Crippen molar-refractivity contribution < 1.29 is 28.7 Å². The molecule has 1 fully saturated rings. The summed E-state index contributed by atoms with van der Waals surface area (Å²) in [5, 5.41) is 22.0. The van der Waals surface area contributed by atoms with Crippen molar-refractivity contribution in [3.05, 3.63) is 72.3 Å². The Hall–Kier alpha value is -4.18. The lowest BCUT2D eigenvalue weighted by atomic mass is 10.1. The van der Waals surface area contributed by atoms with Crippen LogP contribution in [0, 0.1) is 5.82 Å². The molecule has 5 rings (SSSR count). The highest BCUT2D eigenvalue weighted by atomic mass is 19.1. The van der Waals surface area contributed by atoms with Crippen molar-refractivity contribution in [3.63, 3.8) is 0 Å². The Morgan fingerprint density at radius 1 is 1.03 bits per heavy atom. The number of carboxylic acid groups (broad SMARTS) is 2. The maximum Gasteiger partial charge on any atom is 0.328 e. The van der Waals surface area contributed by atoms with Gasteiger partial charge in [-0.3, -0.25) is 4.90 Å². The Bertz CT molecular complexity index is 1360. The Morgan fingerprint density at radius 3 is 2.50 bits per heavy atom. The molecule has 1 aliphatic rings. The second-order valence-corrected chi connectivity index (χ2v) is 8.43. The molecule has 4 aromatic rings. The van der Waals surface area contributed by atoms with E-state index in [1.807, 2.05) is 6.20 Å². The number of aromatic amines is 1. The van der Waals surface area contributed by atoms with Crippen LogP contribution in [0.5, 0.6) is 0 Å². The summed E-state index contributed by atoms with van der Waals surface area (Å²) in [6.07, 6.45) is 4.99. The van der Waals surface area contributed by atoms with Gasteiger partial charge in [0.25, 0.3) is 0 Å². The number of benzene rings is 2. The second kappa shape index (κ2) is 11.5. The summed E-state index contributed by atoms with van der Waals surface area (Å²) in [6.45, 7) is 5.24. The topological polar surface area (TPSA) is 123 Å². The minimum absolute atomic E-state index is 0.289. The van der Waals surface area contributed by atoms with E-state index >= 15 is 0 Å². The first-order valence-corrected chi connectivity index (χ1v) is 11.6. The van der Waals surface area contributed by atoms with Crippen molar-refractivity contribution in [2.45, 2.75) is 12.8 Å². The van der Waals surface area contributed by atoms with Gasteiger partial charge >= 0.3 is 11.9 Å². The predicted octanol–water partition coefficient (Wildman–Crippen LogP) is 3.91. The zero-order chi connectivity index (χ0) is 25.5. The van der Waals surface area contributed by atoms with Gasteiger partial charge in [0.05, 0.1) is 5.69 Å². The fourth-order valence-electron chi connectivity index (χ4n) is 4.31. The third-order valence-electron chi connectivity index (χ3n) is 6.05. The van der Waals surface area contributed by atoms with E-state index in [1.54, 1.807) is 6.07 Å². The largest absolute Gasteiger partial charge is 0.478 e. The molecular weight excluding hydrogens is 467 g/mol. The highest BCUT2D eigenvalue weighted by Crippen LogP contribution is 2.27. The van der Waals surface area contributed by atoms with Gasteiger partial charge in [-0.2, -0.15) is 0 Å². The molecule has 0 amide bonds. The summed E-state index contributed by atoms with van der Waals surface area (Å²) in [5.74, 6) is -2.80. The van der Waals surface area contributed by atoms with Crippen LogP contribution < -0.4 is 4.90 Å². The Balaban J connectivity index is 0.000000331. The van der Waals surface area contributed by atoms with Gasteiger partial charge in [-0.15, -0.1) is 0 Å². The van der Waals surface area contributed by atoms with Crippen LogP contribution >= 0.6 is 0 Å². The fourth-order valence-corrected chi connectivity index (χ4v) is 4.31. The van der Waals surface area contributed by atoms with Crippen LogP contribution in [0.25, 0.3) is 21.9 Å². The van der Waals surface area contributed by atoms with Crippen molar-refractivity contribution in [2.75, 3.05) is 37.6 Å². The Morgan fingerprint density at radius 2 is 1.78 bits per heavy atom. The van der Waals surface area contributed by atoms with Gasteiger partial charge < -0.3 is 24.6 Å². The monoisotopic (exact) mass is 494 g/mol. The van der Waals surface area contributed by atoms with Crippen LogP contribution in [-0.4, -0.2) is 69.9 Å². The number of carboxylic acids is 2. The van der Waals surface area contributed by atoms with Crippen molar-refractivity contribution in [1.29, 1.82) is 0 Å². The number of anilines is 1. The highest BCUT2D eigenvalue weighted by molar-refractivity contribution is 5.92. The number of rotatable bonds is 7. The molecule has 3 N–H and O–H groups in total. The lowest BCUT2D eigenvalue weighted by Crippen LogP contribution is -2.46. The number of nitrogens with one attached hydrogen (secondary N) is 1. The summed E-state index contributed by atoms with van der Waals surface area (Å²) < 4.78 is 18.5. The molecule has 1 aliphatic heterocycles. The molecule has 0 unspecified atom stereocenters. The molecule has 10 heteroatoms. The molecule has 1 saturated heterocycles. The summed E-state index contributed by atoms with van der Waals surface area (Å²) in [7, 11) is 0. The maximum atomic E-state index is 13.3. The minimum Gasteiger partial charge on any atom is -0.478 e. The summed E-state index contributed by atoms with van der Waals surface area (Å²) in [5.41, 5.74) is 3.97. The maximum absolute atomic E-state index is 13.3. The van der Waals surface area contributed by atoms with Crippen LogP contribution in [0.1, 0.15) is 12.1 Å². The Kier molecular flexibility index (Phi) is 7.96. The van der Waals surface area contributed by atoms with Gasteiger partial charge in [-0.05, 0) is 49.7 Å². The first-order valence-electron chi connectivity index (χ1n) is 11.6. The Labute approximate surface area is 206 Å². The molecule has 0 spiro atoms. The zero-order valence-corrected chi connectivity index (χ0v) is 19.6. The summed E-state index contributed by atoms with van der Waals surface area (Å²) >= 11 is 0. The van der Waals surface area contributed by atoms with E-state index in [2.05, 4.69) is 44.2 Å². The lowest BCUT2D eigenvalue weighted by molar-refractivity contribution is -0.134. The second-order valence-electron chi connectivity index (χ2n) is 8.43. The van der Waals surface area contributed by atoms with Gasteiger partial charge in [0.15, 0.2) is 5.58 Å². The SMILES string of the molecule is Fc1ccc2c(CCCN3CCN(c4cccc5[nH]ccc45)CC3)noc2c1.O=C(O)/C=C/C(=O)O. The minimum atomic E-state index is -1.26. The number of aromatic nitrogens is 2. The first kappa shape index (κ1) is 24.9. The standard InChI is InChI=1S/C22H23FN4O.C4H4O4/c23-16-6-7-18-20(25-28-22(18)15-16)4-2-10-26-11-13-27(14-12-26)21-5-1-3-19-17(21)8-9-24-19;5-3(6)1-2-4(7)8/h1,3,5-9,15,24H,2,4,10-14H2;1-2H,(H,5,6)(H,7,8)/b;2-1+. The van der Waals surface area contributed by atoms with E-state index < -0.39 is 11.9 Å². The van der Waals surface area contributed by atoms with Crippen LogP contribution in [0.15, 0.2) is 65.3 Å². The fraction of sp³-hybridized carbons (Fsp3) is 0.269. The zero-order valence-electron chi connectivity index (χ0n) is 19.6. The number of aliphatic carboxylic acids is 2. The average molecular weight is 495 g/mol. The van der Waals surface area contributed by atoms with E-state index in [9.17, 15) is 14.0 Å². The van der Waals surface area contributed by atoms with Crippen molar-refractivity contribution in [3.8, 4) is 0 Å². The van der Waals surface area contributed by atoms with Crippen LogP contribution in [0.2, 0.25) is 0 Å². The summed E-state index contributed by atoms with van der Waals surface area (Å²) in [4.78, 5) is 27.4. The molecule has 0 radical (unpaired) electrons. The average Bonchev–Trinajstić information content (AvgIpc) is 3.50. The third kappa shape index (κ3) is 6.28. The van der Waals surface area contributed by atoms with Crippen LogP contribution in [0.4, 0.5) is 10.1 Å². The van der Waals surface area contributed by atoms with Gasteiger partial charge in [-0.1, -0.05) is 11.2 Å². The molecule has 0 atom stereocenters. The van der Waals surface area contributed by atoms with Crippen molar-refractivity contribution in [2.24, 2.45) is 0 Å². The molecule has 2 aromatic carbocycles. The molecule has 0 saturated carbocycles. The van der Waals surface area contributed by atoms with Gasteiger partial charge in [0, 0.05) is 72.6 Å². The molecule has 2 aromatic heterocycles. The molecular formula is C26H27FN4O5. The van der Waals surface area contributed by atoms with Gasteiger partial charge in [-0.25, -0.2) is 14.0 Å². The summed E-state index contributed by atoms with van der Waals surface area (Å²) in [6, 6.07) is 13.2. The number of halogens is 1. The first-order chi connectivity index (χ1) is 17.4. The smallest absolute Gasteiger partial charge is 0.328 e. The van der Waals surface area contributed by atoms with E-state index in [0.717, 1.165) is 56.6 Å². The number of fused-ring (bicyclic) bond motifs is 2. The van der Waals surface area contributed by atoms with E-state index in [4.69, 9.17) is 14.7 Å². The van der Waals surface area contributed by atoms with E-state index in [1.165, 1.54) is 28.7 Å². The number of aryl methyl sites for hydroxylation is 1. The molecule has 3 heterocycles. The predicted molar refractivity (Wildman–Crippen MR) is 134 cm³/mol. The normalized spacial score (nSPS) is 14.3. The van der Waals surface area contributed by atoms with E-state index in [0.29, 0.717) is 17.7 Å². The van der Waals surface area contributed by atoms with Crippen LogP contribution in [-0.2, 0) is 16.0 Å². The van der Waals surface area contributed by atoms with Crippen molar-refractivity contribution in [1.82, 2.24) is 15.0 Å². The van der Waals surface area contributed by atoms with Crippen LogP contribution in [0.3, 0.4) is 0 Å². The lowest BCUT2D eigenvalue weighted by Gasteiger charge is -2.36. The van der Waals surface area contributed by atoms with Crippen molar-refractivity contribution >= 4 is 39.5 Å². The third-order valence-corrected chi connectivity index (χ3v) is 6.05. The van der Waals surface area contributed by atoms with Gasteiger partial charge in [0.1, 0.15) is 5.82 Å². The van der Waals surface area contributed by atoms with E-state index in [-0.39, 0.29) is 5.82 Å².